The molecule has 2 aromatic carbocycles. The molecule has 0 aliphatic heterocycles. The molecule has 2 rings (SSSR count). The summed E-state index contributed by atoms with van der Waals surface area (Å²) in [5.74, 6) is -1.87. The summed E-state index contributed by atoms with van der Waals surface area (Å²) in [4.78, 5) is 28.9. The molecule has 1 N–H and O–H groups in total. The van der Waals surface area contributed by atoms with Crippen LogP contribution in [0.5, 0.6) is 5.75 Å². The van der Waals surface area contributed by atoms with Crippen molar-refractivity contribution in [2.45, 2.75) is 27.4 Å². The first-order valence-corrected chi connectivity index (χ1v) is 8.65. The molecule has 0 radical (unpaired) electrons. The summed E-state index contributed by atoms with van der Waals surface area (Å²) in [5, 5.41) is 0. The molecule has 0 atom stereocenters. The Hall–Kier alpha value is -2.41. The van der Waals surface area contributed by atoms with Crippen LogP contribution in [0.4, 0.5) is 4.39 Å². The Morgan fingerprint density at radius 3 is 2.42 bits per heavy atom. The SMILES string of the molecule is CC(C)(C)C(=O)ONC(=O)c1cc(F)c(Br)cc1OCc1ccccc1. The van der Waals surface area contributed by atoms with Gasteiger partial charge in [0.1, 0.15) is 18.2 Å². The Balaban J connectivity index is 2.16. The van der Waals surface area contributed by atoms with Crippen LogP contribution < -0.4 is 10.2 Å². The van der Waals surface area contributed by atoms with E-state index < -0.39 is 23.1 Å². The minimum Gasteiger partial charge on any atom is -0.488 e. The van der Waals surface area contributed by atoms with Crippen LogP contribution in [-0.4, -0.2) is 11.9 Å². The van der Waals surface area contributed by atoms with Crippen molar-refractivity contribution in [1.29, 1.82) is 0 Å². The average Bonchev–Trinajstić information content (AvgIpc) is 2.60. The predicted octanol–water partition coefficient (Wildman–Crippen LogP) is 4.40. The molecule has 0 heterocycles. The molecular weight excluding hydrogens is 405 g/mol. The van der Waals surface area contributed by atoms with Crippen molar-refractivity contribution in [2.24, 2.45) is 5.41 Å². The number of hydrogen-bond donors (Lipinski definition) is 1. The maximum atomic E-state index is 13.9. The second kappa shape index (κ2) is 8.31. The van der Waals surface area contributed by atoms with E-state index in [1.165, 1.54) is 6.07 Å². The largest absolute Gasteiger partial charge is 0.488 e. The summed E-state index contributed by atoms with van der Waals surface area (Å²) < 4.78 is 19.7. The van der Waals surface area contributed by atoms with E-state index in [-0.39, 0.29) is 22.4 Å². The highest BCUT2D eigenvalue weighted by Crippen LogP contribution is 2.28. The van der Waals surface area contributed by atoms with E-state index in [1.54, 1.807) is 20.8 Å². The van der Waals surface area contributed by atoms with Gasteiger partial charge >= 0.3 is 5.97 Å². The number of benzene rings is 2. The molecule has 138 valence electrons. The molecule has 0 fully saturated rings. The van der Waals surface area contributed by atoms with Crippen LogP contribution in [-0.2, 0) is 16.2 Å². The van der Waals surface area contributed by atoms with Gasteiger partial charge in [-0.15, -0.1) is 0 Å². The predicted molar refractivity (Wildman–Crippen MR) is 97.9 cm³/mol. The van der Waals surface area contributed by atoms with Gasteiger partial charge < -0.3 is 9.57 Å². The lowest BCUT2D eigenvalue weighted by Crippen LogP contribution is -2.33. The molecule has 0 bridgehead atoms. The topological polar surface area (TPSA) is 64.6 Å². The Kier molecular flexibility index (Phi) is 6.37. The minimum atomic E-state index is -0.787. The zero-order valence-electron chi connectivity index (χ0n) is 14.6. The quantitative estimate of drug-likeness (QED) is 0.739. The second-order valence-corrected chi connectivity index (χ2v) is 7.46. The number of rotatable bonds is 4. The van der Waals surface area contributed by atoms with Gasteiger partial charge in [0, 0.05) is 0 Å². The maximum absolute atomic E-state index is 13.9. The van der Waals surface area contributed by atoms with Crippen molar-refractivity contribution >= 4 is 27.8 Å². The summed E-state index contributed by atoms with van der Waals surface area (Å²) in [6.45, 7) is 5.14. The molecule has 0 saturated carbocycles. The fraction of sp³-hybridized carbons (Fsp3) is 0.263. The molecule has 0 unspecified atom stereocenters. The summed E-state index contributed by atoms with van der Waals surface area (Å²) in [6.07, 6.45) is 0. The molecule has 0 aromatic heterocycles. The number of halogens is 2. The fourth-order valence-electron chi connectivity index (χ4n) is 1.86. The number of carbonyl (C=O) groups is 2. The zero-order chi connectivity index (χ0) is 19.3. The monoisotopic (exact) mass is 423 g/mol. The molecule has 26 heavy (non-hydrogen) atoms. The third-order valence-corrected chi connectivity index (χ3v) is 3.96. The van der Waals surface area contributed by atoms with Gasteiger partial charge in [0.15, 0.2) is 0 Å². The van der Waals surface area contributed by atoms with Crippen molar-refractivity contribution in [3.05, 3.63) is 63.9 Å². The van der Waals surface area contributed by atoms with Crippen LogP contribution in [0.1, 0.15) is 36.7 Å². The lowest BCUT2D eigenvalue weighted by Gasteiger charge is -2.17. The van der Waals surface area contributed by atoms with Crippen LogP contribution >= 0.6 is 15.9 Å². The maximum Gasteiger partial charge on any atom is 0.337 e. The number of carbonyl (C=O) groups excluding carboxylic acids is 2. The van der Waals surface area contributed by atoms with Gasteiger partial charge in [0.25, 0.3) is 5.91 Å². The lowest BCUT2D eigenvalue weighted by atomic mass is 9.98. The van der Waals surface area contributed by atoms with Crippen LogP contribution in [0, 0.1) is 11.2 Å². The van der Waals surface area contributed by atoms with Crippen LogP contribution in [0.3, 0.4) is 0 Å². The molecule has 0 aliphatic rings. The number of hydroxylamine groups is 1. The van der Waals surface area contributed by atoms with Crippen molar-refractivity contribution < 1.29 is 23.6 Å². The number of ether oxygens (including phenoxy) is 1. The lowest BCUT2D eigenvalue weighted by molar-refractivity contribution is -0.158. The first-order chi connectivity index (χ1) is 12.2. The summed E-state index contributed by atoms with van der Waals surface area (Å²) in [5.41, 5.74) is 2.06. The van der Waals surface area contributed by atoms with Crippen molar-refractivity contribution in [3.63, 3.8) is 0 Å². The van der Waals surface area contributed by atoms with E-state index in [1.807, 2.05) is 35.8 Å². The molecule has 0 aliphatic carbocycles. The molecule has 2 aromatic rings. The summed E-state index contributed by atoms with van der Waals surface area (Å²) in [6, 6.07) is 11.7. The molecule has 0 spiro atoms. The van der Waals surface area contributed by atoms with Crippen LogP contribution in [0.25, 0.3) is 0 Å². The normalized spacial score (nSPS) is 11.0. The highest BCUT2D eigenvalue weighted by molar-refractivity contribution is 9.10. The Bertz CT molecular complexity index is 803. The van der Waals surface area contributed by atoms with E-state index >= 15 is 0 Å². The third-order valence-electron chi connectivity index (χ3n) is 3.35. The highest BCUT2D eigenvalue weighted by Gasteiger charge is 2.25. The van der Waals surface area contributed by atoms with Crippen LogP contribution in [0.2, 0.25) is 0 Å². The van der Waals surface area contributed by atoms with Gasteiger partial charge in [-0.25, -0.2) is 9.18 Å². The van der Waals surface area contributed by atoms with Gasteiger partial charge in [-0.2, -0.15) is 5.48 Å². The van der Waals surface area contributed by atoms with E-state index in [4.69, 9.17) is 9.57 Å². The molecule has 7 heteroatoms. The molecule has 1 amide bonds. The van der Waals surface area contributed by atoms with Crippen molar-refractivity contribution in [2.75, 3.05) is 0 Å². The first-order valence-electron chi connectivity index (χ1n) is 7.86. The van der Waals surface area contributed by atoms with Crippen molar-refractivity contribution in [1.82, 2.24) is 5.48 Å². The van der Waals surface area contributed by atoms with Crippen LogP contribution in [0.15, 0.2) is 46.9 Å². The van der Waals surface area contributed by atoms with Gasteiger partial charge in [0.2, 0.25) is 0 Å². The number of nitrogens with one attached hydrogen (secondary N) is 1. The Morgan fingerprint density at radius 1 is 1.15 bits per heavy atom. The third kappa shape index (κ3) is 5.29. The Morgan fingerprint density at radius 2 is 1.81 bits per heavy atom. The van der Waals surface area contributed by atoms with E-state index in [9.17, 15) is 14.0 Å². The van der Waals surface area contributed by atoms with Gasteiger partial charge in [-0.05, 0) is 54.4 Å². The average molecular weight is 424 g/mol. The van der Waals surface area contributed by atoms with E-state index in [2.05, 4.69) is 15.9 Å². The highest BCUT2D eigenvalue weighted by atomic mass is 79.9. The van der Waals surface area contributed by atoms with Gasteiger partial charge in [-0.1, -0.05) is 30.3 Å². The number of hydrogen-bond acceptors (Lipinski definition) is 4. The van der Waals surface area contributed by atoms with E-state index in [0.29, 0.717) is 0 Å². The zero-order valence-corrected chi connectivity index (χ0v) is 16.2. The smallest absolute Gasteiger partial charge is 0.337 e. The number of amides is 1. The van der Waals surface area contributed by atoms with E-state index in [0.717, 1.165) is 11.6 Å². The van der Waals surface area contributed by atoms with Gasteiger partial charge in [0.05, 0.1) is 15.5 Å². The van der Waals surface area contributed by atoms with Crippen molar-refractivity contribution in [3.8, 4) is 5.75 Å². The molecule has 0 saturated heterocycles. The molecule has 5 nitrogen and oxygen atoms in total. The minimum absolute atomic E-state index is 0.0802. The summed E-state index contributed by atoms with van der Waals surface area (Å²) >= 11 is 3.07. The molecular formula is C19H19BrFNO4. The Labute approximate surface area is 159 Å². The standard InChI is InChI=1S/C19H19BrFNO4/c1-19(2,3)18(24)26-22-17(23)13-9-15(21)14(20)10-16(13)25-11-12-7-5-4-6-8-12/h4-10H,11H2,1-3H3,(H,22,23). The van der Waals surface area contributed by atoms with Gasteiger partial charge in [-0.3, -0.25) is 4.79 Å². The fourth-order valence-corrected chi connectivity index (χ4v) is 2.18. The second-order valence-electron chi connectivity index (χ2n) is 6.61. The summed E-state index contributed by atoms with van der Waals surface area (Å²) in [7, 11) is 0. The first kappa shape index (κ1) is 19.9.